The van der Waals surface area contributed by atoms with Gasteiger partial charge in [-0.25, -0.2) is 9.97 Å². The lowest BCUT2D eigenvalue weighted by atomic mass is 10.2. The van der Waals surface area contributed by atoms with Crippen LogP contribution in [-0.4, -0.2) is 38.7 Å². The summed E-state index contributed by atoms with van der Waals surface area (Å²) in [6.07, 6.45) is 4.87. The van der Waals surface area contributed by atoms with Crippen molar-refractivity contribution in [1.82, 2.24) is 19.7 Å². The molecule has 0 atom stereocenters. The highest BCUT2D eigenvalue weighted by Crippen LogP contribution is 2.33. The number of aromatic nitrogens is 4. The van der Waals surface area contributed by atoms with Crippen LogP contribution in [0.15, 0.2) is 30.7 Å². The zero-order chi connectivity index (χ0) is 20.5. The van der Waals surface area contributed by atoms with Crippen LogP contribution in [0, 0.1) is 11.8 Å². The molecule has 1 aromatic carbocycles. The maximum atomic E-state index is 12.4. The third kappa shape index (κ3) is 3.89. The third-order valence-corrected chi connectivity index (χ3v) is 4.72. The van der Waals surface area contributed by atoms with Crippen molar-refractivity contribution in [2.24, 2.45) is 11.8 Å². The Bertz CT molecular complexity index is 1090. The molecule has 1 aliphatic rings. The van der Waals surface area contributed by atoms with Crippen molar-refractivity contribution in [2.75, 3.05) is 17.7 Å². The maximum Gasteiger partial charge on any atom is 0.249 e. The van der Waals surface area contributed by atoms with E-state index in [4.69, 9.17) is 4.74 Å². The Hall–Kier alpha value is -3.49. The second-order valence-corrected chi connectivity index (χ2v) is 7.34. The van der Waals surface area contributed by atoms with Gasteiger partial charge < -0.3 is 15.4 Å². The lowest BCUT2D eigenvalue weighted by molar-refractivity contribution is -0.117. The fraction of sp³-hybridized carbons (Fsp3) is 0.350. The van der Waals surface area contributed by atoms with Crippen LogP contribution < -0.4 is 15.4 Å². The number of carbonyl (C=O) groups excluding carboxylic acids is 2. The molecule has 0 aliphatic heterocycles. The molecule has 150 valence electrons. The zero-order valence-electron chi connectivity index (χ0n) is 16.5. The number of methoxy groups -OCH3 is 1. The summed E-state index contributed by atoms with van der Waals surface area (Å²) in [5, 5.41) is 11.0. The first-order chi connectivity index (χ1) is 14.0. The van der Waals surface area contributed by atoms with Crippen LogP contribution in [-0.2, 0) is 4.79 Å². The van der Waals surface area contributed by atoms with Gasteiger partial charge in [0.15, 0.2) is 0 Å². The second-order valence-electron chi connectivity index (χ2n) is 7.34. The molecule has 29 heavy (non-hydrogen) atoms. The van der Waals surface area contributed by atoms with Crippen molar-refractivity contribution in [3.63, 3.8) is 0 Å². The number of nitrogens with one attached hydrogen (secondary N) is 2. The Morgan fingerprint density at radius 2 is 1.93 bits per heavy atom. The molecule has 2 aromatic heterocycles. The van der Waals surface area contributed by atoms with Gasteiger partial charge in [-0.1, -0.05) is 13.8 Å². The van der Waals surface area contributed by atoms with E-state index in [-0.39, 0.29) is 23.7 Å². The van der Waals surface area contributed by atoms with Crippen LogP contribution in [0.1, 0.15) is 31.5 Å². The fourth-order valence-corrected chi connectivity index (χ4v) is 2.95. The van der Waals surface area contributed by atoms with Gasteiger partial charge in [-0.3, -0.25) is 9.59 Å². The van der Waals surface area contributed by atoms with Crippen LogP contribution in [0.3, 0.4) is 0 Å². The standard InChI is InChI=1S/C20H22N6O3/c1-11(2)20(28)26-15-7-16(29-3)14(6-13(15)9-23-26)24-17-8-18(22-10-21-17)25-19(27)12-4-5-12/h6-12H,4-5H2,1-3H3,(H2,21,22,24,25,27). The molecule has 9 nitrogen and oxygen atoms in total. The summed E-state index contributed by atoms with van der Waals surface area (Å²) in [4.78, 5) is 32.6. The number of hydrogen-bond acceptors (Lipinski definition) is 7. The topological polar surface area (TPSA) is 111 Å². The Morgan fingerprint density at radius 3 is 2.62 bits per heavy atom. The Kier molecular flexibility index (Phi) is 4.87. The SMILES string of the molecule is COc1cc2c(cnn2C(=O)C(C)C)cc1Nc1cc(NC(=O)C2CC2)ncn1. The van der Waals surface area contributed by atoms with Crippen LogP contribution >= 0.6 is 0 Å². The number of rotatable bonds is 6. The van der Waals surface area contributed by atoms with Gasteiger partial charge >= 0.3 is 0 Å². The molecule has 0 spiro atoms. The first-order valence-corrected chi connectivity index (χ1v) is 9.46. The van der Waals surface area contributed by atoms with Crippen LogP contribution in [0.25, 0.3) is 10.9 Å². The van der Waals surface area contributed by atoms with E-state index in [1.807, 2.05) is 19.9 Å². The summed E-state index contributed by atoms with van der Waals surface area (Å²) >= 11 is 0. The summed E-state index contributed by atoms with van der Waals surface area (Å²) in [7, 11) is 1.55. The average molecular weight is 394 g/mol. The molecule has 0 bridgehead atoms. The first kappa shape index (κ1) is 18.9. The minimum absolute atomic E-state index is 0.0177. The first-order valence-electron chi connectivity index (χ1n) is 9.46. The molecule has 4 rings (SSSR count). The molecule has 1 fully saturated rings. The van der Waals surface area contributed by atoms with Crippen LogP contribution in [0.4, 0.5) is 17.3 Å². The normalized spacial score (nSPS) is 13.5. The second kappa shape index (κ2) is 7.50. The van der Waals surface area contributed by atoms with E-state index in [1.54, 1.807) is 25.4 Å². The average Bonchev–Trinajstić information content (AvgIpc) is 3.48. The molecule has 2 N–H and O–H groups in total. The maximum absolute atomic E-state index is 12.4. The van der Waals surface area contributed by atoms with Gasteiger partial charge in [0.05, 0.1) is 24.5 Å². The molecule has 3 aromatic rings. The highest BCUT2D eigenvalue weighted by molar-refractivity contribution is 5.95. The van der Waals surface area contributed by atoms with Crippen molar-refractivity contribution >= 4 is 40.0 Å². The number of hydrogen-bond donors (Lipinski definition) is 2. The van der Waals surface area contributed by atoms with E-state index >= 15 is 0 Å². The van der Waals surface area contributed by atoms with E-state index in [2.05, 4.69) is 25.7 Å². The van der Waals surface area contributed by atoms with Gasteiger partial charge in [0.1, 0.15) is 23.7 Å². The molecular weight excluding hydrogens is 372 g/mol. The predicted octanol–water partition coefficient (Wildman–Crippen LogP) is 3.22. The Labute approximate surface area is 167 Å². The monoisotopic (exact) mass is 394 g/mol. The van der Waals surface area contributed by atoms with Crippen molar-refractivity contribution in [3.8, 4) is 5.75 Å². The quantitative estimate of drug-likeness (QED) is 0.660. The molecule has 1 saturated carbocycles. The van der Waals surface area contributed by atoms with E-state index in [0.29, 0.717) is 28.6 Å². The molecule has 0 radical (unpaired) electrons. The molecule has 9 heteroatoms. The van der Waals surface area contributed by atoms with Crippen LogP contribution in [0.5, 0.6) is 5.75 Å². The highest BCUT2D eigenvalue weighted by atomic mass is 16.5. The van der Waals surface area contributed by atoms with Gasteiger partial charge in [-0.15, -0.1) is 0 Å². The van der Waals surface area contributed by atoms with Crippen molar-refractivity contribution < 1.29 is 14.3 Å². The third-order valence-electron chi connectivity index (χ3n) is 4.72. The predicted molar refractivity (Wildman–Crippen MR) is 108 cm³/mol. The van der Waals surface area contributed by atoms with Gasteiger partial charge in [0.25, 0.3) is 0 Å². The van der Waals surface area contributed by atoms with E-state index in [9.17, 15) is 9.59 Å². The van der Waals surface area contributed by atoms with Crippen molar-refractivity contribution in [2.45, 2.75) is 26.7 Å². The number of ether oxygens (including phenoxy) is 1. The fourth-order valence-electron chi connectivity index (χ4n) is 2.95. The van der Waals surface area contributed by atoms with E-state index < -0.39 is 0 Å². The molecule has 2 heterocycles. The summed E-state index contributed by atoms with van der Waals surface area (Å²) in [5.41, 5.74) is 1.33. The number of nitrogens with zero attached hydrogens (tertiary/aromatic N) is 4. The smallest absolute Gasteiger partial charge is 0.249 e. The van der Waals surface area contributed by atoms with Crippen molar-refractivity contribution in [1.29, 1.82) is 0 Å². The van der Waals surface area contributed by atoms with Gasteiger partial charge in [-0.05, 0) is 18.9 Å². The van der Waals surface area contributed by atoms with Crippen molar-refractivity contribution in [3.05, 3.63) is 30.7 Å². The van der Waals surface area contributed by atoms with E-state index in [0.717, 1.165) is 18.2 Å². The number of carbonyl (C=O) groups is 2. The number of amides is 1. The summed E-state index contributed by atoms with van der Waals surface area (Å²) in [6, 6.07) is 5.27. The van der Waals surface area contributed by atoms with Gasteiger partial charge in [0, 0.05) is 29.4 Å². The Morgan fingerprint density at radius 1 is 1.17 bits per heavy atom. The van der Waals surface area contributed by atoms with Gasteiger partial charge in [-0.2, -0.15) is 9.78 Å². The Balaban J connectivity index is 1.62. The highest BCUT2D eigenvalue weighted by Gasteiger charge is 2.29. The summed E-state index contributed by atoms with van der Waals surface area (Å²) in [5.74, 6) is 1.30. The van der Waals surface area contributed by atoms with Gasteiger partial charge in [0.2, 0.25) is 11.8 Å². The summed E-state index contributed by atoms with van der Waals surface area (Å²) in [6.45, 7) is 3.66. The summed E-state index contributed by atoms with van der Waals surface area (Å²) < 4.78 is 6.89. The number of anilines is 3. The van der Waals surface area contributed by atoms with Crippen LogP contribution in [0.2, 0.25) is 0 Å². The largest absolute Gasteiger partial charge is 0.494 e. The lowest BCUT2D eigenvalue weighted by Gasteiger charge is -2.12. The zero-order valence-corrected chi connectivity index (χ0v) is 16.5. The minimum atomic E-state index is -0.174. The molecule has 0 saturated heterocycles. The number of benzene rings is 1. The van der Waals surface area contributed by atoms with E-state index in [1.165, 1.54) is 11.0 Å². The number of fused-ring (bicyclic) bond motifs is 1. The lowest BCUT2D eigenvalue weighted by Crippen LogP contribution is -2.18. The molecule has 1 amide bonds. The molecule has 0 unspecified atom stereocenters. The molecule has 1 aliphatic carbocycles. The minimum Gasteiger partial charge on any atom is -0.494 e. The molecular formula is C20H22N6O3.